The minimum Gasteiger partial charge on any atom is -0.482 e. The van der Waals surface area contributed by atoms with Crippen molar-refractivity contribution in [2.24, 2.45) is 17.8 Å². The number of ether oxygens (including phenoxy) is 2. The zero-order chi connectivity index (χ0) is 20.8. The number of aliphatic hydroxyl groups is 2. The topological polar surface area (TPSA) is 76.0 Å². The highest BCUT2D eigenvalue weighted by Crippen LogP contribution is 2.48. The van der Waals surface area contributed by atoms with Crippen molar-refractivity contribution in [1.82, 2.24) is 0 Å². The molecule has 1 aromatic carbocycles. The molecular formula is C24H36O5. The van der Waals surface area contributed by atoms with E-state index in [2.05, 4.69) is 17.7 Å². The van der Waals surface area contributed by atoms with Crippen LogP contribution in [-0.4, -0.2) is 42.1 Å². The lowest BCUT2D eigenvalue weighted by Gasteiger charge is -2.32. The van der Waals surface area contributed by atoms with Gasteiger partial charge < -0.3 is 19.7 Å². The first-order chi connectivity index (χ1) is 14.0. The Hall–Kier alpha value is -1.59. The van der Waals surface area contributed by atoms with E-state index in [4.69, 9.17) is 4.74 Å². The molecule has 162 valence electrons. The number of carbonyl (C=O) groups excluding carboxylic acids is 1. The van der Waals surface area contributed by atoms with E-state index >= 15 is 0 Å². The standard InChI is InChI=1S/C24H36O5/c1-3-4-5-8-18(25)10-11-19-20-12-16-7-6-9-23(29-15-24(27)28-2)21(16)13-17(20)14-22(19)26/h6-7,9,17-20,22,25-26H,3-5,8,10-15H2,1-2H3/t17-,18-,19+,20-,22+/m0/s1. The van der Waals surface area contributed by atoms with Crippen molar-refractivity contribution in [3.05, 3.63) is 29.3 Å². The fourth-order valence-electron chi connectivity index (χ4n) is 5.29. The van der Waals surface area contributed by atoms with Crippen LogP contribution in [0.4, 0.5) is 0 Å². The predicted octanol–water partition coefficient (Wildman–Crippen LogP) is 3.67. The van der Waals surface area contributed by atoms with E-state index in [9.17, 15) is 15.0 Å². The molecule has 3 rings (SSSR count). The molecule has 1 fully saturated rings. The van der Waals surface area contributed by atoms with Crippen molar-refractivity contribution in [2.45, 2.75) is 76.9 Å². The van der Waals surface area contributed by atoms with Gasteiger partial charge in [-0.05, 0) is 73.5 Å². The summed E-state index contributed by atoms with van der Waals surface area (Å²) in [5.41, 5.74) is 2.43. The number of rotatable bonds is 10. The third-order valence-electron chi connectivity index (χ3n) is 6.89. The number of hydrogen-bond donors (Lipinski definition) is 2. The Labute approximate surface area is 174 Å². The first-order valence-electron chi connectivity index (χ1n) is 11.2. The lowest BCUT2D eigenvalue weighted by molar-refractivity contribution is -0.142. The molecule has 0 amide bonds. The monoisotopic (exact) mass is 404 g/mol. The predicted molar refractivity (Wildman–Crippen MR) is 112 cm³/mol. The number of esters is 1. The molecule has 5 nitrogen and oxygen atoms in total. The summed E-state index contributed by atoms with van der Waals surface area (Å²) in [6, 6.07) is 6.03. The quantitative estimate of drug-likeness (QED) is 0.460. The van der Waals surface area contributed by atoms with E-state index in [-0.39, 0.29) is 30.7 Å². The summed E-state index contributed by atoms with van der Waals surface area (Å²) in [7, 11) is 1.36. The van der Waals surface area contributed by atoms with Crippen LogP contribution in [0.3, 0.4) is 0 Å². The van der Waals surface area contributed by atoms with Gasteiger partial charge in [-0.25, -0.2) is 4.79 Å². The van der Waals surface area contributed by atoms with Gasteiger partial charge in [0.1, 0.15) is 5.75 Å². The fraction of sp³-hybridized carbons (Fsp3) is 0.708. The van der Waals surface area contributed by atoms with Crippen molar-refractivity contribution < 1.29 is 24.5 Å². The lowest BCUT2D eigenvalue weighted by Crippen LogP contribution is -2.28. The van der Waals surface area contributed by atoms with Crippen molar-refractivity contribution in [3.8, 4) is 5.75 Å². The third-order valence-corrected chi connectivity index (χ3v) is 6.89. The van der Waals surface area contributed by atoms with E-state index < -0.39 is 0 Å². The molecule has 1 aromatic rings. The Morgan fingerprint density at radius 3 is 2.83 bits per heavy atom. The van der Waals surface area contributed by atoms with E-state index in [1.165, 1.54) is 31.1 Å². The molecule has 0 bridgehead atoms. The van der Waals surface area contributed by atoms with Crippen LogP contribution >= 0.6 is 0 Å². The summed E-state index contributed by atoms with van der Waals surface area (Å²) >= 11 is 0. The maximum atomic E-state index is 11.4. The van der Waals surface area contributed by atoms with Crippen molar-refractivity contribution in [3.63, 3.8) is 0 Å². The Balaban J connectivity index is 1.62. The van der Waals surface area contributed by atoms with Gasteiger partial charge >= 0.3 is 5.97 Å². The molecular weight excluding hydrogens is 368 g/mol. The largest absolute Gasteiger partial charge is 0.482 e. The highest BCUT2D eigenvalue weighted by molar-refractivity contribution is 5.71. The zero-order valence-electron chi connectivity index (χ0n) is 17.8. The maximum absolute atomic E-state index is 11.4. The summed E-state index contributed by atoms with van der Waals surface area (Å²) in [6.45, 7) is 2.09. The molecule has 1 saturated carbocycles. The van der Waals surface area contributed by atoms with Crippen molar-refractivity contribution in [2.75, 3.05) is 13.7 Å². The van der Waals surface area contributed by atoms with E-state index in [1.54, 1.807) is 0 Å². The lowest BCUT2D eigenvalue weighted by atomic mass is 9.73. The van der Waals surface area contributed by atoms with E-state index in [1.807, 2.05) is 12.1 Å². The first kappa shape index (κ1) is 22.1. The van der Waals surface area contributed by atoms with Gasteiger partial charge in [0.25, 0.3) is 0 Å². The number of benzene rings is 1. The maximum Gasteiger partial charge on any atom is 0.343 e. The van der Waals surface area contributed by atoms with Crippen LogP contribution in [0, 0.1) is 17.8 Å². The normalized spacial score (nSPS) is 26.5. The average molecular weight is 405 g/mol. The highest BCUT2D eigenvalue weighted by Gasteiger charge is 2.44. The van der Waals surface area contributed by atoms with Crippen LogP contribution in [-0.2, 0) is 22.4 Å². The van der Waals surface area contributed by atoms with Crippen LogP contribution in [0.15, 0.2) is 18.2 Å². The molecule has 0 aromatic heterocycles. The SMILES string of the molecule is CCCCC[C@H](O)CC[C@@H]1[C@H]2Cc3cccc(OCC(=O)OC)c3C[C@H]2C[C@H]1O. The first-order valence-corrected chi connectivity index (χ1v) is 11.2. The molecule has 29 heavy (non-hydrogen) atoms. The Morgan fingerprint density at radius 1 is 1.24 bits per heavy atom. The van der Waals surface area contributed by atoms with Crippen molar-refractivity contribution in [1.29, 1.82) is 0 Å². The second-order valence-corrected chi connectivity index (χ2v) is 8.78. The van der Waals surface area contributed by atoms with Gasteiger partial charge in [0, 0.05) is 0 Å². The molecule has 5 heteroatoms. The third kappa shape index (κ3) is 5.52. The van der Waals surface area contributed by atoms with Crippen LogP contribution < -0.4 is 4.74 Å². The summed E-state index contributed by atoms with van der Waals surface area (Å²) in [5.74, 6) is 1.52. The van der Waals surface area contributed by atoms with Gasteiger partial charge in [0.15, 0.2) is 6.61 Å². The smallest absolute Gasteiger partial charge is 0.343 e. The summed E-state index contributed by atoms with van der Waals surface area (Å²) in [4.78, 5) is 11.4. The van der Waals surface area contributed by atoms with Crippen LogP contribution in [0.1, 0.15) is 63.0 Å². The number of unbranched alkanes of at least 4 members (excludes halogenated alkanes) is 2. The van der Waals surface area contributed by atoms with Crippen LogP contribution in [0.25, 0.3) is 0 Å². The second-order valence-electron chi connectivity index (χ2n) is 8.78. The number of fused-ring (bicyclic) bond motifs is 2. The fourth-order valence-corrected chi connectivity index (χ4v) is 5.29. The van der Waals surface area contributed by atoms with Crippen molar-refractivity contribution >= 4 is 5.97 Å². The molecule has 0 aliphatic heterocycles. The van der Waals surface area contributed by atoms with Gasteiger partial charge in [-0.2, -0.15) is 0 Å². The van der Waals surface area contributed by atoms with E-state index in [0.717, 1.165) is 50.7 Å². The number of carbonyl (C=O) groups is 1. The van der Waals surface area contributed by atoms with Gasteiger partial charge in [-0.3, -0.25) is 0 Å². The van der Waals surface area contributed by atoms with Gasteiger partial charge in [0.05, 0.1) is 19.3 Å². The average Bonchev–Trinajstić information content (AvgIpc) is 3.02. The Bertz CT molecular complexity index is 673. The number of aliphatic hydroxyl groups excluding tert-OH is 2. The molecule has 2 N–H and O–H groups in total. The Kier molecular flexibility index (Phi) is 7.96. The molecule has 2 aliphatic rings. The number of hydrogen-bond acceptors (Lipinski definition) is 5. The van der Waals surface area contributed by atoms with Gasteiger partial charge in [-0.1, -0.05) is 38.3 Å². The van der Waals surface area contributed by atoms with Crippen LogP contribution in [0.5, 0.6) is 5.75 Å². The minimum atomic E-state index is -0.384. The molecule has 2 aliphatic carbocycles. The Morgan fingerprint density at radius 2 is 2.07 bits per heavy atom. The zero-order valence-corrected chi connectivity index (χ0v) is 17.8. The molecule has 0 unspecified atom stereocenters. The minimum absolute atomic E-state index is 0.0811. The highest BCUT2D eigenvalue weighted by atomic mass is 16.6. The molecule has 0 saturated heterocycles. The summed E-state index contributed by atoms with van der Waals surface area (Å²) in [5, 5.41) is 21.0. The van der Waals surface area contributed by atoms with E-state index in [0.29, 0.717) is 11.8 Å². The number of methoxy groups -OCH3 is 1. The molecule has 0 radical (unpaired) electrons. The summed E-state index contributed by atoms with van der Waals surface area (Å²) < 4.78 is 10.4. The summed E-state index contributed by atoms with van der Waals surface area (Å²) in [6.07, 6.45) is 8.05. The molecule has 0 heterocycles. The second kappa shape index (κ2) is 10.4. The molecule has 5 atom stereocenters. The van der Waals surface area contributed by atoms with Gasteiger partial charge in [0.2, 0.25) is 0 Å². The molecule has 0 spiro atoms. The van der Waals surface area contributed by atoms with Crippen LogP contribution in [0.2, 0.25) is 0 Å². The van der Waals surface area contributed by atoms with Gasteiger partial charge in [-0.15, -0.1) is 0 Å².